The quantitative estimate of drug-likeness (QED) is 0.370. The molecule has 0 aliphatic heterocycles. The van der Waals surface area contributed by atoms with Crippen molar-refractivity contribution in [3.8, 4) is 5.69 Å². The molecule has 0 spiro atoms. The lowest BCUT2D eigenvalue weighted by molar-refractivity contribution is -0.142. The topological polar surface area (TPSA) is 82.8 Å². The standard InChI is InChI=1S/C16H16ClN5O2S/c1-3-12(16(23)24-4-2)25-15-13-14(18-9-19-15)22(21-20-13)11-7-5-6-10(17)8-11/h5-9,12H,3-4H2,1-2H3/t12-/m0/s1. The Morgan fingerprint density at radius 2 is 2.20 bits per heavy atom. The van der Waals surface area contributed by atoms with Gasteiger partial charge < -0.3 is 4.74 Å². The Bertz CT molecular complexity index is 901. The van der Waals surface area contributed by atoms with Gasteiger partial charge in [-0.25, -0.2) is 9.97 Å². The van der Waals surface area contributed by atoms with Crippen molar-refractivity contribution >= 4 is 40.5 Å². The van der Waals surface area contributed by atoms with Gasteiger partial charge in [0, 0.05) is 5.02 Å². The number of hydrogen-bond acceptors (Lipinski definition) is 7. The van der Waals surface area contributed by atoms with Crippen molar-refractivity contribution in [1.29, 1.82) is 0 Å². The molecule has 7 nitrogen and oxygen atoms in total. The Hall–Kier alpha value is -2.19. The number of halogens is 1. The Balaban J connectivity index is 1.97. The Labute approximate surface area is 153 Å². The number of ether oxygens (including phenoxy) is 1. The zero-order valence-corrected chi connectivity index (χ0v) is 15.3. The fourth-order valence-electron chi connectivity index (χ4n) is 2.26. The number of thioether (sulfide) groups is 1. The number of aromatic nitrogens is 5. The van der Waals surface area contributed by atoms with Gasteiger partial charge >= 0.3 is 5.97 Å². The minimum Gasteiger partial charge on any atom is -0.465 e. The number of carbonyl (C=O) groups is 1. The van der Waals surface area contributed by atoms with Crippen molar-refractivity contribution in [3.05, 3.63) is 35.6 Å². The van der Waals surface area contributed by atoms with E-state index in [1.165, 1.54) is 18.1 Å². The molecule has 0 saturated heterocycles. The van der Waals surface area contributed by atoms with Gasteiger partial charge in [0.1, 0.15) is 16.6 Å². The smallest absolute Gasteiger partial charge is 0.319 e. The van der Waals surface area contributed by atoms with E-state index >= 15 is 0 Å². The van der Waals surface area contributed by atoms with Crippen LogP contribution in [0.4, 0.5) is 0 Å². The second kappa shape index (κ2) is 7.79. The number of hydrogen-bond donors (Lipinski definition) is 0. The molecule has 0 unspecified atom stereocenters. The van der Waals surface area contributed by atoms with Crippen LogP contribution in [0.25, 0.3) is 16.9 Å². The molecule has 3 aromatic rings. The summed E-state index contributed by atoms with van der Waals surface area (Å²) in [5, 5.41) is 9.19. The molecule has 2 aromatic heterocycles. The largest absolute Gasteiger partial charge is 0.465 e. The number of esters is 1. The van der Waals surface area contributed by atoms with Crippen molar-refractivity contribution in [3.63, 3.8) is 0 Å². The second-order valence-electron chi connectivity index (χ2n) is 5.10. The van der Waals surface area contributed by atoms with E-state index in [1.807, 2.05) is 19.1 Å². The Kier molecular flexibility index (Phi) is 5.50. The average Bonchev–Trinajstić information content (AvgIpc) is 3.04. The molecule has 25 heavy (non-hydrogen) atoms. The van der Waals surface area contributed by atoms with Crippen LogP contribution in [0, 0.1) is 0 Å². The van der Waals surface area contributed by atoms with Crippen LogP contribution in [0.1, 0.15) is 20.3 Å². The maximum Gasteiger partial charge on any atom is 0.319 e. The molecule has 1 atom stereocenters. The second-order valence-corrected chi connectivity index (χ2v) is 6.73. The van der Waals surface area contributed by atoms with Gasteiger partial charge in [0.05, 0.1) is 12.3 Å². The van der Waals surface area contributed by atoms with Gasteiger partial charge in [-0.05, 0) is 31.5 Å². The highest BCUT2D eigenvalue weighted by atomic mass is 35.5. The molecule has 0 aliphatic carbocycles. The van der Waals surface area contributed by atoms with E-state index in [-0.39, 0.29) is 11.2 Å². The lowest BCUT2D eigenvalue weighted by atomic mass is 10.3. The first-order chi connectivity index (χ1) is 12.1. The highest BCUT2D eigenvalue weighted by Crippen LogP contribution is 2.29. The summed E-state index contributed by atoms with van der Waals surface area (Å²) >= 11 is 7.36. The third kappa shape index (κ3) is 3.74. The van der Waals surface area contributed by atoms with Crippen molar-refractivity contribution in [2.24, 2.45) is 0 Å². The van der Waals surface area contributed by atoms with Crippen molar-refractivity contribution < 1.29 is 9.53 Å². The Morgan fingerprint density at radius 3 is 2.92 bits per heavy atom. The first-order valence-corrected chi connectivity index (χ1v) is 9.05. The summed E-state index contributed by atoms with van der Waals surface area (Å²) < 4.78 is 6.70. The fraction of sp³-hybridized carbons (Fsp3) is 0.312. The molecule has 1 aromatic carbocycles. The van der Waals surface area contributed by atoms with Gasteiger partial charge in [0.25, 0.3) is 0 Å². The molecule has 0 aliphatic rings. The molecule has 9 heteroatoms. The van der Waals surface area contributed by atoms with Crippen LogP contribution in [0.15, 0.2) is 35.6 Å². The third-order valence-corrected chi connectivity index (χ3v) is 5.00. The molecule has 3 rings (SSSR count). The molecule has 2 heterocycles. The van der Waals surface area contributed by atoms with Gasteiger partial charge in [-0.1, -0.05) is 41.6 Å². The minimum absolute atomic E-state index is 0.260. The first-order valence-electron chi connectivity index (χ1n) is 7.79. The molecule has 0 fully saturated rings. The Morgan fingerprint density at radius 1 is 1.36 bits per heavy atom. The summed E-state index contributed by atoms with van der Waals surface area (Å²) in [7, 11) is 0. The number of nitrogens with zero attached hydrogens (tertiary/aromatic N) is 5. The van der Waals surface area contributed by atoms with Crippen LogP contribution in [-0.4, -0.2) is 42.8 Å². The molecule has 0 saturated carbocycles. The first kappa shape index (κ1) is 17.6. The normalized spacial score (nSPS) is 12.3. The van der Waals surface area contributed by atoms with Crippen LogP contribution in [0.5, 0.6) is 0 Å². The molecule has 0 radical (unpaired) electrons. The van der Waals surface area contributed by atoms with Crippen molar-refractivity contribution in [2.75, 3.05) is 6.61 Å². The molecular formula is C16H16ClN5O2S. The predicted molar refractivity (Wildman–Crippen MR) is 96.0 cm³/mol. The highest BCUT2D eigenvalue weighted by molar-refractivity contribution is 8.00. The monoisotopic (exact) mass is 377 g/mol. The highest BCUT2D eigenvalue weighted by Gasteiger charge is 2.23. The van der Waals surface area contributed by atoms with Crippen LogP contribution in [0.3, 0.4) is 0 Å². The van der Waals surface area contributed by atoms with Gasteiger partial charge in [0.15, 0.2) is 11.2 Å². The van der Waals surface area contributed by atoms with E-state index in [4.69, 9.17) is 16.3 Å². The molecule has 0 amide bonds. The van der Waals surface area contributed by atoms with Crippen LogP contribution in [-0.2, 0) is 9.53 Å². The van der Waals surface area contributed by atoms with Gasteiger partial charge in [0.2, 0.25) is 0 Å². The van der Waals surface area contributed by atoms with Gasteiger partial charge in [-0.2, -0.15) is 4.68 Å². The summed E-state index contributed by atoms with van der Waals surface area (Å²) in [5.74, 6) is -0.260. The maximum absolute atomic E-state index is 12.0. The molecule has 0 N–H and O–H groups in total. The number of carbonyl (C=O) groups excluding carboxylic acids is 1. The summed E-state index contributed by atoms with van der Waals surface area (Å²) in [6, 6.07) is 7.25. The predicted octanol–water partition coefficient (Wildman–Crippen LogP) is 3.30. The van der Waals surface area contributed by atoms with Crippen LogP contribution < -0.4 is 0 Å². The summed E-state index contributed by atoms with van der Waals surface area (Å²) in [5.41, 5.74) is 1.84. The van der Waals surface area contributed by atoms with E-state index < -0.39 is 0 Å². The zero-order chi connectivity index (χ0) is 17.8. The van der Waals surface area contributed by atoms with E-state index in [1.54, 1.807) is 23.7 Å². The number of rotatable bonds is 6. The van der Waals surface area contributed by atoms with Crippen LogP contribution in [0.2, 0.25) is 5.02 Å². The van der Waals surface area contributed by atoms with E-state index in [2.05, 4.69) is 20.3 Å². The SMILES string of the molecule is CCOC(=O)[C@H](CC)Sc1ncnc2c1nnn2-c1cccc(Cl)c1. The molecule has 130 valence electrons. The fourth-order valence-corrected chi connectivity index (χ4v) is 3.40. The van der Waals surface area contributed by atoms with E-state index in [0.29, 0.717) is 34.2 Å². The molecular weight excluding hydrogens is 362 g/mol. The molecule has 0 bridgehead atoms. The lowest BCUT2D eigenvalue weighted by Gasteiger charge is -2.12. The summed E-state index contributed by atoms with van der Waals surface area (Å²) in [4.78, 5) is 20.6. The third-order valence-electron chi connectivity index (χ3n) is 3.43. The van der Waals surface area contributed by atoms with Gasteiger partial charge in [-0.15, -0.1) is 5.10 Å². The maximum atomic E-state index is 12.0. The van der Waals surface area contributed by atoms with Crippen LogP contribution >= 0.6 is 23.4 Å². The number of benzene rings is 1. The number of fused-ring (bicyclic) bond motifs is 1. The average molecular weight is 378 g/mol. The summed E-state index contributed by atoms with van der Waals surface area (Å²) in [6.45, 7) is 4.06. The van der Waals surface area contributed by atoms with E-state index in [9.17, 15) is 4.79 Å². The minimum atomic E-state index is -0.352. The van der Waals surface area contributed by atoms with Gasteiger partial charge in [-0.3, -0.25) is 4.79 Å². The summed E-state index contributed by atoms with van der Waals surface area (Å²) in [6.07, 6.45) is 2.06. The van der Waals surface area contributed by atoms with Crippen molar-refractivity contribution in [1.82, 2.24) is 25.0 Å². The zero-order valence-electron chi connectivity index (χ0n) is 13.7. The van der Waals surface area contributed by atoms with Crippen molar-refractivity contribution in [2.45, 2.75) is 30.5 Å². The van der Waals surface area contributed by atoms with E-state index in [0.717, 1.165) is 5.69 Å². The lowest BCUT2D eigenvalue weighted by Crippen LogP contribution is -2.19.